The van der Waals surface area contributed by atoms with Crippen molar-refractivity contribution in [1.29, 1.82) is 0 Å². The van der Waals surface area contributed by atoms with Crippen LogP contribution >= 0.6 is 0 Å². The van der Waals surface area contributed by atoms with Crippen LogP contribution in [0.15, 0.2) is 33.7 Å². The predicted molar refractivity (Wildman–Crippen MR) is 98.6 cm³/mol. The van der Waals surface area contributed by atoms with Crippen LogP contribution in [-0.4, -0.2) is 49.0 Å². The quantitative estimate of drug-likeness (QED) is 0.747. The first-order chi connectivity index (χ1) is 13.7. The zero-order chi connectivity index (χ0) is 20.6. The summed E-state index contributed by atoms with van der Waals surface area (Å²) in [6, 6.07) is 3.90. The minimum atomic E-state index is -4.58. The van der Waals surface area contributed by atoms with E-state index in [1.54, 1.807) is 0 Å². The van der Waals surface area contributed by atoms with E-state index in [-0.39, 0.29) is 18.0 Å². The van der Waals surface area contributed by atoms with Gasteiger partial charge in [-0.3, -0.25) is 4.90 Å². The number of hydrogen-bond acceptors (Lipinski definition) is 5. The van der Waals surface area contributed by atoms with Crippen molar-refractivity contribution in [2.24, 2.45) is 0 Å². The number of sulfonamides is 1. The smallest absolute Gasteiger partial charge is 0.361 e. The molecule has 1 aromatic heterocycles. The number of benzene rings is 1. The highest BCUT2D eigenvalue weighted by Crippen LogP contribution is 2.31. The van der Waals surface area contributed by atoms with Crippen LogP contribution < -0.4 is 0 Å². The van der Waals surface area contributed by atoms with Gasteiger partial charge in [0.25, 0.3) is 0 Å². The topological polar surface area (TPSA) is 66.7 Å². The normalized spacial score (nSPS) is 19.3. The van der Waals surface area contributed by atoms with Crippen molar-refractivity contribution >= 4 is 10.0 Å². The summed E-state index contributed by atoms with van der Waals surface area (Å²) in [4.78, 5) is 1.77. The number of fused-ring (bicyclic) bond motifs is 1. The third kappa shape index (κ3) is 4.19. The molecule has 1 aliphatic heterocycles. The fourth-order valence-electron chi connectivity index (χ4n) is 3.89. The zero-order valence-corrected chi connectivity index (χ0v) is 16.6. The van der Waals surface area contributed by atoms with Crippen molar-refractivity contribution < 1.29 is 26.1 Å². The van der Waals surface area contributed by atoms with Gasteiger partial charge in [-0.2, -0.15) is 17.5 Å². The molecule has 0 bridgehead atoms. The van der Waals surface area contributed by atoms with Gasteiger partial charge in [0.05, 0.1) is 10.5 Å². The summed E-state index contributed by atoms with van der Waals surface area (Å²) in [5, 5.41) is 4.18. The lowest BCUT2D eigenvalue weighted by Gasteiger charge is -2.33. The first-order valence-corrected chi connectivity index (χ1v) is 11.1. The summed E-state index contributed by atoms with van der Waals surface area (Å²) >= 11 is 0. The molecule has 6 nitrogen and oxygen atoms in total. The SMILES string of the molecule is O=S(=O)(c1cccc(C(F)(F)F)c1)N1CCN(Cc2noc3c2CCCC3)CC1. The molecule has 0 unspecified atom stereocenters. The molecule has 0 radical (unpaired) electrons. The summed E-state index contributed by atoms with van der Waals surface area (Å²) in [7, 11) is -3.97. The number of aryl methyl sites for hydroxylation is 1. The fourth-order valence-corrected chi connectivity index (χ4v) is 5.36. The molecule has 29 heavy (non-hydrogen) atoms. The Balaban J connectivity index is 1.42. The number of aromatic nitrogens is 1. The molecule has 1 saturated heterocycles. The van der Waals surface area contributed by atoms with Crippen molar-refractivity contribution in [1.82, 2.24) is 14.4 Å². The number of nitrogens with zero attached hydrogens (tertiary/aromatic N) is 3. The minimum Gasteiger partial charge on any atom is -0.361 e. The van der Waals surface area contributed by atoms with Crippen molar-refractivity contribution in [3.63, 3.8) is 0 Å². The lowest BCUT2D eigenvalue weighted by molar-refractivity contribution is -0.137. The second-order valence-electron chi connectivity index (χ2n) is 7.44. The molecule has 0 atom stereocenters. The van der Waals surface area contributed by atoms with Crippen LogP contribution in [0.25, 0.3) is 0 Å². The van der Waals surface area contributed by atoms with Gasteiger partial charge in [-0.1, -0.05) is 11.2 Å². The first-order valence-electron chi connectivity index (χ1n) is 9.61. The molecular formula is C19H22F3N3O3S. The van der Waals surface area contributed by atoms with Gasteiger partial charge in [-0.25, -0.2) is 8.42 Å². The van der Waals surface area contributed by atoms with Gasteiger partial charge >= 0.3 is 6.18 Å². The van der Waals surface area contributed by atoms with Gasteiger partial charge in [-0.05, 0) is 37.5 Å². The average Bonchev–Trinajstić information content (AvgIpc) is 3.11. The van der Waals surface area contributed by atoms with Crippen LogP contribution in [0.4, 0.5) is 13.2 Å². The highest BCUT2D eigenvalue weighted by atomic mass is 32.2. The maximum atomic E-state index is 12.9. The van der Waals surface area contributed by atoms with Crippen LogP contribution in [-0.2, 0) is 35.6 Å². The summed E-state index contributed by atoms with van der Waals surface area (Å²) in [6.45, 7) is 2.01. The van der Waals surface area contributed by atoms with E-state index in [1.165, 1.54) is 15.9 Å². The molecule has 10 heteroatoms. The molecule has 4 rings (SSSR count). The van der Waals surface area contributed by atoms with E-state index in [0.717, 1.165) is 49.3 Å². The Morgan fingerprint density at radius 3 is 2.52 bits per heavy atom. The molecule has 1 aromatic carbocycles. The molecule has 0 saturated carbocycles. The van der Waals surface area contributed by atoms with E-state index in [4.69, 9.17) is 4.52 Å². The molecule has 0 spiro atoms. The van der Waals surface area contributed by atoms with Gasteiger partial charge in [-0.15, -0.1) is 0 Å². The Bertz CT molecular complexity index is 980. The minimum absolute atomic E-state index is 0.221. The Labute approximate surface area is 167 Å². The van der Waals surface area contributed by atoms with Crippen LogP contribution in [0, 0.1) is 0 Å². The monoisotopic (exact) mass is 429 g/mol. The fraction of sp³-hybridized carbons (Fsp3) is 0.526. The number of rotatable bonds is 4. The average molecular weight is 429 g/mol. The number of hydrogen-bond donors (Lipinski definition) is 0. The van der Waals surface area contributed by atoms with Crippen LogP contribution in [0.2, 0.25) is 0 Å². The molecule has 0 N–H and O–H groups in total. The summed E-state index contributed by atoms with van der Waals surface area (Å²) in [5.74, 6) is 0.956. The van der Waals surface area contributed by atoms with Crippen LogP contribution in [0.3, 0.4) is 0 Å². The number of piperazine rings is 1. The van der Waals surface area contributed by atoms with Crippen LogP contribution in [0.5, 0.6) is 0 Å². The third-order valence-electron chi connectivity index (χ3n) is 5.54. The van der Waals surface area contributed by atoms with Crippen molar-refractivity contribution in [3.8, 4) is 0 Å². The molecule has 1 fully saturated rings. The summed E-state index contributed by atoms with van der Waals surface area (Å²) in [6.07, 6.45) is -0.498. The van der Waals surface area contributed by atoms with E-state index >= 15 is 0 Å². The van der Waals surface area contributed by atoms with Crippen molar-refractivity contribution in [3.05, 3.63) is 46.8 Å². The van der Waals surface area contributed by atoms with Crippen molar-refractivity contribution in [2.45, 2.75) is 43.3 Å². The van der Waals surface area contributed by atoms with E-state index in [9.17, 15) is 21.6 Å². The highest BCUT2D eigenvalue weighted by molar-refractivity contribution is 7.89. The molecule has 158 valence electrons. The maximum absolute atomic E-state index is 12.9. The third-order valence-corrected chi connectivity index (χ3v) is 7.43. The number of halogens is 3. The molecule has 2 aliphatic rings. The summed E-state index contributed by atoms with van der Waals surface area (Å²) in [5.41, 5.74) is 1.12. The van der Waals surface area contributed by atoms with Gasteiger partial charge in [0.15, 0.2) is 0 Å². The largest absolute Gasteiger partial charge is 0.416 e. The van der Waals surface area contributed by atoms with Crippen molar-refractivity contribution in [2.75, 3.05) is 26.2 Å². The Kier molecular flexibility index (Phi) is 5.43. The predicted octanol–water partition coefficient (Wildman–Crippen LogP) is 3.08. The van der Waals surface area contributed by atoms with E-state index in [0.29, 0.717) is 25.7 Å². The second-order valence-corrected chi connectivity index (χ2v) is 9.38. The van der Waals surface area contributed by atoms with Gasteiger partial charge < -0.3 is 4.52 Å². The molecular weight excluding hydrogens is 407 g/mol. The first kappa shape index (κ1) is 20.4. The Hall–Kier alpha value is -1.91. The number of alkyl halides is 3. The Morgan fingerprint density at radius 2 is 1.79 bits per heavy atom. The van der Waals surface area contributed by atoms with Gasteiger partial charge in [0.1, 0.15) is 11.5 Å². The summed E-state index contributed by atoms with van der Waals surface area (Å²) < 4.78 is 71.0. The molecule has 1 aliphatic carbocycles. The Morgan fingerprint density at radius 1 is 1.07 bits per heavy atom. The zero-order valence-electron chi connectivity index (χ0n) is 15.8. The molecule has 2 aromatic rings. The van der Waals surface area contributed by atoms with Gasteiger partial charge in [0.2, 0.25) is 10.0 Å². The van der Waals surface area contributed by atoms with E-state index < -0.39 is 21.8 Å². The second kappa shape index (κ2) is 7.73. The molecule has 2 heterocycles. The highest BCUT2D eigenvalue weighted by Gasteiger charge is 2.34. The standard InChI is InChI=1S/C19H22F3N3O3S/c20-19(21,22)14-4-3-5-15(12-14)29(26,27)25-10-8-24(9-11-25)13-17-16-6-1-2-7-18(16)28-23-17/h3-5,12H,1-2,6-11,13H2. The lowest BCUT2D eigenvalue weighted by Crippen LogP contribution is -2.48. The van der Waals surface area contributed by atoms with E-state index in [1.807, 2.05) is 0 Å². The lowest BCUT2D eigenvalue weighted by atomic mass is 9.96. The van der Waals surface area contributed by atoms with E-state index in [2.05, 4.69) is 10.1 Å². The maximum Gasteiger partial charge on any atom is 0.416 e. The van der Waals surface area contributed by atoms with Gasteiger partial charge in [0, 0.05) is 44.7 Å². The molecule has 0 amide bonds. The van der Waals surface area contributed by atoms with Crippen LogP contribution in [0.1, 0.15) is 35.4 Å².